The second kappa shape index (κ2) is 9.83. The van der Waals surface area contributed by atoms with Crippen LogP contribution in [0.15, 0.2) is 12.1 Å². The molecular formula is C15H21I2NO3. The molecule has 2 N–H and O–H groups in total. The number of benzene rings is 1. The minimum atomic E-state index is -0.619. The van der Waals surface area contributed by atoms with Gasteiger partial charge in [0.25, 0.3) is 0 Å². The summed E-state index contributed by atoms with van der Waals surface area (Å²) in [5, 5.41) is 0. The second-order valence-electron chi connectivity index (χ2n) is 4.78. The average molecular weight is 517 g/mol. The van der Waals surface area contributed by atoms with Gasteiger partial charge in [-0.25, -0.2) is 0 Å². The van der Waals surface area contributed by atoms with Gasteiger partial charge >= 0.3 is 5.97 Å². The van der Waals surface area contributed by atoms with E-state index in [4.69, 9.17) is 15.2 Å². The zero-order valence-electron chi connectivity index (χ0n) is 12.3. The largest absolute Gasteiger partial charge is 0.495 e. The summed E-state index contributed by atoms with van der Waals surface area (Å²) in [6.07, 6.45) is 3.54. The topological polar surface area (TPSA) is 61.5 Å². The van der Waals surface area contributed by atoms with E-state index >= 15 is 0 Å². The molecule has 6 heteroatoms. The van der Waals surface area contributed by atoms with Crippen molar-refractivity contribution >= 4 is 51.2 Å². The molecule has 1 aromatic rings. The SMILES string of the molecule is CCCCCOC(=O)C(N)Cc1cc(I)c(OC)c(I)c1. The van der Waals surface area contributed by atoms with Gasteiger partial charge in [0.15, 0.2) is 0 Å². The van der Waals surface area contributed by atoms with Crippen molar-refractivity contribution < 1.29 is 14.3 Å². The zero-order valence-corrected chi connectivity index (χ0v) is 16.6. The van der Waals surface area contributed by atoms with Gasteiger partial charge in [-0.15, -0.1) is 0 Å². The molecule has 0 fully saturated rings. The van der Waals surface area contributed by atoms with Crippen molar-refractivity contribution in [3.63, 3.8) is 0 Å². The lowest BCUT2D eigenvalue weighted by Gasteiger charge is -2.13. The molecule has 1 rings (SSSR count). The summed E-state index contributed by atoms with van der Waals surface area (Å²) >= 11 is 4.44. The molecule has 0 radical (unpaired) electrons. The molecule has 0 aliphatic rings. The highest BCUT2D eigenvalue weighted by molar-refractivity contribution is 14.1. The molecule has 0 saturated heterocycles. The first-order valence-electron chi connectivity index (χ1n) is 6.93. The summed E-state index contributed by atoms with van der Waals surface area (Å²) in [5.74, 6) is 0.530. The minimum absolute atomic E-state index is 0.327. The van der Waals surface area contributed by atoms with Gasteiger partial charge in [0.05, 0.1) is 20.9 Å². The van der Waals surface area contributed by atoms with Crippen LogP contribution < -0.4 is 10.5 Å². The average Bonchev–Trinajstić information content (AvgIpc) is 2.43. The van der Waals surface area contributed by atoms with Crippen LogP contribution in [0.5, 0.6) is 5.75 Å². The number of nitrogens with two attached hydrogens (primary N) is 1. The summed E-state index contributed by atoms with van der Waals surface area (Å²) in [6.45, 7) is 2.57. The molecule has 0 aliphatic heterocycles. The lowest BCUT2D eigenvalue weighted by atomic mass is 10.1. The predicted octanol–water partition coefficient (Wildman–Crippen LogP) is 3.51. The quantitative estimate of drug-likeness (QED) is 0.326. The fourth-order valence-corrected chi connectivity index (χ4v) is 4.23. The summed E-state index contributed by atoms with van der Waals surface area (Å²) in [4.78, 5) is 11.8. The third-order valence-corrected chi connectivity index (χ3v) is 4.62. The Morgan fingerprint density at radius 3 is 2.43 bits per heavy atom. The first-order chi connectivity index (χ1) is 9.99. The third-order valence-electron chi connectivity index (χ3n) is 3.01. The normalized spacial score (nSPS) is 12.0. The monoisotopic (exact) mass is 517 g/mol. The summed E-state index contributed by atoms with van der Waals surface area (Å²) < 4.78 is 12.5. The molecule has 0 spiro atoms. The fraction of sp³-hybridized carbons (Fsp3) is 0.533. The van der Waals surface area contributed by atoms with Crippen LogP contribution >= 0.6 is 45.2 Å². The highest BCUT2D eigenvalue weighted by Crippen LogP contribution is 2.28. The Bertz CT molecular complexity index is 457. The molecule has 1 aromatic carbocycles. The number of methoxy groups -OCH3 is 1. The van der Waals surface area contributed by atoms with E-state index in [0.717, 1.165) is 37.7 Å². The lowest BCUT2D eigenvalue weighted by Crippen LogP contribution is -2.34. The Kier molecular flexibility index (Phi) is 8.88. The smallest absolute Gasteiger partial charge is 0.323 e. The standard InChI is InChI=1S/C15H21I2NO3/c1-3-4-5-6-21-15(19)13(18)9-10-7-11(16)14(20-2)12(17)8-10/h7-8,13H,3-6,9,18H2,1-2H3. The van der Waals surface area contributed by atoms with E-state index in [-0.39, 0.29) is 5.97 Å². The van der Waals surface area contributed by atoms with E-state index in [2.05, 4.69) is 52.1 Å². The molecule has 1 atom stereocenters. The van der Waals surface area contributed by atoms with Crippen molar-refractivity contribution in [1.82, 2.24) is 0 Å². The predicted molar refractivity (Wildman–Crippen MR) is 101 cm³/mol. The molecule has 0 bridgehead atoms. The van der Waals surface area contributed by atoms with Crippen molar-refractivity contribution in [2.45, 2.75) is 38.6 Å². The van der Waals surface area contributed by atoms with Crippen LogP contribution in [0.2, 0.25) is 0 Å². The molecule has 0 aromatic heterocycles. The Morgan fingerprint density at radius 2 is 1.90 bits per heavy atom. The van der Waals surface area contributed by atoms with Crippen molar-refractivity contribution in [3.05, 3.63) is 24.8 Å². The van der Waals surface area contributed by atoms with E-state index in [9.17, 15) is 4.79 Å². The highest BCUT2D eigenvalue weighted by Gasteiger charge is 2.17. The van der Waals surface area contributed by atoms with E-state index < -0.39 is 6.04 Å². The number of halogens is 2. The molecule has 1 unspecified atom stereocenters. The first kappa shape index (κ1) is 19.0. The van der Waals surface area contributed by atoms with Crippen LogP contribution in [0, 0.1) is 7.14 Å². The molecule has 118 valence electrons. The summed E-state index contributed by atoms with van der Waals surface area (Å²) in [5.41, 5.74) is 6.94. The number of unbranched alkanes of at least 4 members (excludes halogenated alkanes) is 2. The maximum Gasteiger partial charge on any atom is 0.323 e. The first-order valence-corrected chi connectivity index (χ1v) is 9.09. The number of carbonyl (C=O) groups excluding carboxylic acids is 1. The number of rotatable bonds is 8. The number of carbonyl (C=O) groups is 1. The molecule has 0 aliphatic carbocycles. The Hall–Kier alpha value is -0.0900. The third kappa shape index (κ3) is 6.27. The summed E-state index contributed by atoms with van der Waals surface area (Å²) in [7, 11) is 1.65. The Balaban J connectivity index is 2.58. The Morgan fingerprint density at radius 1 is 1.29 bits per heavy atom. The van der Waals surface area contributed by atoms with Gasteiger partial charge in [-0.3, -0.25) is 4.79 Å². The maximum atomic E-state index is 11.8. The number of hydrogen-bond donors (Lipinski definition) is 1. The Labute approximate surface area is 153 Å². The molecular weight excluding hydrogens is 496 g/mol. The van der Waals surface area contributed by atoms with Gasteiger partial charge in [-0.1, -0.05) is 19.8 Å². The van der Waals surface area contributed by atoms with Crippen molar-refractivity contribution in [1.29, 1.82) is 0 Å². The highest BCUT2D eigenvalue weighted by atomic mass is 127. The van der Waals surface area contributed by atoms with Crippen LogP contribution in [0.1, 0.15) is 31.7 Å². The van der Waals surface area contributed by atoms with Crippen LogP contribution in [0.4, 0.5) is 0 Å². The number of ether oxygens (including phenoxy) is 2. The van der Waals surface area contributed by atoms with Crippen molar-refractivity contribution in [3.8, 4) is 5.75 Å². The van der Waals surface area contributed by atoms with Gasteiger partial charge in [0, 0.05) is 0 Å². The number of esters is 1. The lowest BCUT2D eigenvalue weighted by molar-refractivity contribution is -0.145. The van der Waals surface area contributed by atoms with E-state index in [1.807, 2.05) is 12.1 Å². The van der Waals surface area contributed by atoms with Crippen molar-refractivity contribution in [2.24, 2.45) is 5.73 Å². The van der Waals surface area contributed by atoms with Gasteiger partial charge in [0.1, 0.15) is 11.8 Å². The molecule has 4 nitrogen and oxygen atoms in total. The second-order valence-corrected chi connectivity index (χ2v) is 7.10. The summed E-state index contributed by atoms with van der Waals surface area (Å²) in [6, 6.07) is 3.36. The molecule has 21 heavy (non-hydrogen) atoms. The van der Waals surface area contributed by atoms with Gasteiger partial charge in [-0.2, -0.15) is 0 Å². The van der Waals surface area contributed by atoms with Gasteiger partial charge in [0.2, 0.25) is 0 Å². The van der Waals surface area contributed by atoms with E-state index in [1.54, 1.807) is 7.11 Å². The number of hydrogen-bond acceptors (Lipinski definition) is 4. The fourth-order valence-electron chi connectivity index (χ4n) is 1.89. The van der Waals surface area contributed by atoms with Gasteiger partial charge < -0.3 is 15.2 Å². The molecule has 0 amide bonds. The maximum absolute atomic E-state index is 11.8. The minimum Gasteiger partial charge on any atom is -0.495 e. The molecule has 0 saturated carbocycles. The van der Waals surface area contributed by atoms with Crippen LogP contribution in [-0.4, -0.2) is 25.7 Å². The molecule has 0 heterocycles. The zero-order chi connectivity index (χ0) is 15.8. The van der Waals surface area contributed by atoms with Crippen LogP contribution in [-0.2, 0) is 16.0 Å². The van der Waals surface area contributed by atoms with Gasteiger partial charge in [-0.05, 0) is 75.7 Å². The van der Waals surface area contributed by atoms with Crippen LogP contribution in [0.25, 0.3) is 0 Å². The van der Waals surface area contributed by atoms with Crippen LogP contribution in [0.3, 0.4) is 0 Å². The van der Waals surface area contributed by atoms with E-state index in [0.29, 0.717) is 13.0 Å². The van der Waals surface area contributed by atoms with Crippen molar-refractivity contribution in [2.75, 3.05) is 13.7 Å². The van der Waals surface area contributed by atoms with E-state index in [1.165, 1.54) is 0 Å².